The SMILES string of the molecule is NC(=NO)c1ccc(CNC(=O)c2ccncc2)c(F)c1. The molecule has 2 rings (SSSR count). The van der Waals surface area contributed by atoms with E-state index in [0.29, 0.717) is 11.1 Å². The molecule has 0 atom stereocenters. The van der Waals surface area contributed by atoms with Gasteiger partial charge in [0.2, 0.25) is 0 Å². The maximum absolute atomic E-state index is 13.8. The van der Waals surface area contributed by atoms with Crippen molar-refractivity contribution in [1.29, 1.82) is 0 Å². The summed E-state index contributed by atoms with van der Waals surface area (Å²) >= 11 is 0. The van der Waals surface area contributed by atoms with Gasteiger partial charge in [-0.25, -0.2) is 4.39 Å². The number of nitrogens with two attached hydrogens (primary N) is 1. The molecular formula is C14H13FN4O2. The number of benzene rings is 1. The minimum absolute atomic E-state index is 0.0312. The third-order valence-electron chi connectivity index (χ3n) is 2.84. The van der Waals surface area contributed by atoms with Crippen LogP contribution in [0.15, 0.2) is 47.9 Å². The number of pyridine rings is 1. The number of amidine groups is 1. The van der Waals surface area contributed by atoms with Gasteiger partial charge in [-0.1, -0.05) is 17.3 Å². The Kier molecular flexibility index (Phi) is 4.45. The van der Waals surface area contributed by atoms with E-state index in [4.69, 9.17) is 10.9 Å². The number of nitrogens with one attached hydrogen (secondary N) is 1. The lowest BCUT2D eigenvalue weighted by Crippen LogP contribution is -2.23. The van der Waals surface area contributed by atoms with Crippen molar-refractivity contribution in [2.24, 2.45) is 10.9 Å². The van der Waals surface area contributed by atoms with Crippen molar-refractivity contribution >= 4 is 11.7 Å². The molecule has 0 aliphatic rings. The second kappa shape index (κ2) is 6.47. The summed E-state index contributed by atoms with van der Waals surface area (Å²) in [6, 6.07) is 7.24. The summed E-state index contributed by atoms with van der Waals surface area (Å²) in [6.45, 7) is 0.0312. The minimum atomic E-state index is -0.547. The smallest absolute Gasteiger partial charge is 0.251 e. The molecule has 0 saturated carbocycles. The van der Waals surface area contributed by atoms with Gasteiger partial charge >= 0.3 is 0 Å². The summed E-state index contributed by atoms with van der Waals surface area (Å²) in [7, 11) is 0. The Bertz CT molecular complexity index is 674. The number of halogens is 1. The Morgan fingerprint density at radius 1 is 1.29 bits per heavy atom. The van der Waals surface area contributed by atoms with Crippen LogP contribution in [0.1, 0.15) is 21.5 Å². The highest BCUT2D eigenvalue weighted by Crippen LogP contribution is 2.10. The van der Waals surface area contributed by atoms with Crippen LogP contribution in [0.3, 0.4) is 0 Å². The van der Waals surface area contributed by atoms with E-state index in [9.17, 15) is 9.18 Å². The molecule has 0 fully saturated rings. The van der Waals surface area contributed by atoms with Gasteiger partial charge < -0.3 is 16.3 Å². The van der Waals surface area contributed by atoms with E-state index in [2.05, 4.69) is 15.5 Å². The molecule has 0 aliphatic heterocycles. The maximum atomic E-state index is 13.8. The molecule has 2 aromatic rings. The topological polar surface area (TPSA) is 101 Å². The minimum Gasteiger partial charge on any atom is -0.409 e. The molecule has 21 heavy (non-hydrogen) atoms. The van der Waals surface area contributed by atoms with Crippen LogP contribution in [0.2, 0.25) is 0 Å². The van der Waals surface area contributed by atoms with E-state index in [1.165, 1.54) is 24.5 Å². The largest absolute Gasteiger partial charge is 0.409 e. The summed E-state index contributed by atoms with van der Waals surface area (Å²) in [5, 5.41) is 13.9. The fraction of sp³-hybridized carbons (Fsp3) is 0.0714. The molecule has 1 heterocycles. The number of carbonyl (C=O) groups excluding carboxylic acids is 1. The highest BCUT2D eigenvalue weighted by atomic mass is 19.1. The second-order valence-electron chi connectivity index (χ2n) is 4.21. The second-order valence-corrected chi connectivity index (χ2v) is 4.21. The number of carbonyl (C=O) groups is 1. The molecule has 0 spiro atoms. The van der Waals surface area contributed by atoms with E-state index >= 15 is 0 Å². The van der Waals surface area contributed by atoms with Crippen molar-refractivity contribution in [2.75, 3.05) is 0 Å². The van der Waals surface area contributed by atoms with E-state index in [-0.39, 0.29) is 23.9 Å². The van der Waals surface area contributed by atoms with Gasteiger partial charge in [-0.15, -0.1) is 0 Å². The first-order valence-corrected chi connectivity index (χ1v) is 6.06. The van der Waals surface area contributed by atoms with Crippen LogP contribution in [0.25, 0.3) is 0 Å². The van der Waals surface area contributed by atoms with Crippen molar-refractivity contribution in [3.63, 3.8) is 0 Å². The van der Waals surface area contributed by atoms with Gasteiger partial charge in [0.25, 0.3) is 5.91 Å². The predicted molar refractivity (Wildman–Crippen MR) is 74.3 cm³/mol. The van der Waals surface area contributed by atoms with Crippen LogP contribution in [0.5, 0.6) is 0 Å². The van der Waals surface area contributed by atoms with Crippen LogP contribution < -0.4 is 11.1 Å². The third-order valence-corrected chi connectivity index (χ3v) is 2.84. The summed E-state index contributed by atoms with van der Waals surface area (Å²) in [5.74, 6) is -1.05. The molecule has 108 valence electrons. The number of oxime groups is 1. The number of aromatic nitrogens is 1. The van der Waals surface area contributed by atoms with Gasteiger partial charge in [-0.3, -0.25) is 9.78 Å². The lowest BCUT2D eigenvalue weighted by Gasteiger charge is -2.07. The molecule has 7 heteroatoms. The zero-order valence-electron chi connectivity index (χ0n) is 11.0. The van der Waals surface area contributed by atoms with Gasteiger partial charge in [-0.05, 0) is 18.2 Å². The molecular weight excluding hydrogens is 275 g/mol. The standard InChI is InChI=1S/C14H13FN4O2/c15-12-7-10(13(16)19-21)1-2-11(12)8-18-14(20)9-3-5-17-6-4-9/h1-7,21H,8H2,(H2,16,19)(H,18,20). The molecule has 4 N–H and O–H groups in total. The highest BCUT2D eigenvalue weighted by molar-refractivity contribution is 5.97. The average Bonchev–Trinajstić information content (AvgIpc) is 2.53. The summed E-state index contributed by atoms with van der Waals surface area (Å²) < 4.78 is 13.8. The zero-order chi connectivity index (χ0) is 15.2. The van der Waals surface area contributed by atoms with Crippen LogP contribution in [0, 0.1) is 5.82 Å². The number of hydrogen-bond acceptors (Lipinski definition) is 4. The van der Waals surface area contributed by atoms with Crippen molar-refractivity contribution < 1.29 is 14.4 Å². The van der Waals surface area contributed by atoms with Crippen LogP contribution in [-0.2, 0) is 6.54 Å². The normalized spacial score (nSPS) is 11.2. The van der Waals surface area contributed by atoms with Crippen molar-refractivity contribution in [2.45, 2.75) is 6.54 Å². The summed E-state index contributed by atoms with van der Waals surface area (Å²) in [5.41, 5.74) is 6.37. The fourth-order valence-corrected chi connectivity index (χ4v) is 1.69. The fourth-order valence-electron chi connectivity index (χ4n) is 1.69. The Balaban J connectivity index is 2.06. The van der Waals surface area contributed by atoms with E-state index < -0.39 is 5.82 Å². The maximum Gasteiger partial charge on any atom is 0.251 e. The molecule has 6 nitrogen and oxygen atoms in total. The first-order valence-electron chi connectivity index (χ1n) is 6.06. The van der Waals surface area contributed by atoms with Crippen LogP contribution in [-0.4, -0.2) is 21.9 Å². The van der Waals surface area contributed by atoms with Crippen molar-refractivity contribution in [3.05, 3.63) is 65.2 Å². The van der Waals surface area contributed by atoms with Gasteiger partial charge in [0.1, 0.15) is 5.82 Å². The van der Waals surface area contributed by atoms with Crippen LogP contribution in [0.4, 0.5) is 4.39 Å². The molecule has 0 saturated heterocycles. The van der Waals surface area contributed by atoms with Gasteiger partial charge in [-0.2, -0.15) is 0 Å². The number of nitrogens with zero attached hydrogens (tertiary/aromatic N) is 2. The predicted octanol–water partition coefficient (Wildman–Crippen LogP) is 1.25. The lowest BCUT2D eigenvalue weighted by molar-refractivity contribution is 0.0950. The Hall–Kier alpha value is -2.96. The Morgan fingerprint density at radius 3 is 2.62 bits per heavy atom. The van der Waals surface area contributed by atoms with Gasteiger partial charge in [0, 0.05) is 35.6 Å². The first kappa shape index (κ1) is 14.4. The monoisotopic (exact) mass is 288 g/mol. The summed E-state index contributed by atoms with van der Waals surface area (Å²) in [4.78, 5) is 15.6. The molecule has 1 aromatic carbocycles. The van der Waals surface area contributed by atoms with Gasteiger partial charge in [0.05, 0.1) is 0 Å². The van der Waals surface area contributed by atoms with Crippen molar-refractivity contribution in [1.82, 2.24) is 10.3 Å². The molecule has 0 unspecified atom stereocenters. The van der Waals surface area contributed by atoms with Crippen molar-refractivity contribution in [3.8, 4) is 0 Å². The lowest BCUT2D eigenvalue weighted by atomic mass is 10.1. The molecule has 1 aromatic heterocycles. The molecule has 0 radical (unpaired) electrons. The van der Waals surface area contributed by atoms with E-state index in [1.807, 2.05) is 0 Å². The van der Waals surface area contributed by atoms with Crippen LogP contribution >= 0.6 is 0 Å². The Labute approximate surface area is 120 Å². The zero-order valence-corrected chi connectivity index (χ0v) is 11.0. The van der Waals surface area contributed by atoms with E-state index in [1.54, 1.807) is 12.1 Å². The Morgan fingerprint density at radius 2 is 2.00 bits per heavy atom. The van der Waals surface area contributed by atoms with Gasteiger partial charge in [0.15, 0.2) is 5.84 Å². The first-order chi connectivity index (χ1) is 10.1. The molecule has 0 bridgehead atoms. The summed E-state index contributed by atoms with van der Waals surface area (Å²) in [6.07, 6.45) is 3.00. The molecule has 0 aliphatic carbocycles. The molecule has 1 amide bonds. The quantitative estimate of drug-likeness (QED) is 0.341. The number of rotatable bonds is 4. The highest BCUT2D eigenvalue weighted by Gasteiger charge is 2.09. The number of hydrogen-bond donors (Lipinski definition) is 3. The number of amides is 1. The van der Waals surface area contributed by atoms with E-state index in [0.717, 1.165) is 6.07 Å². The average molecular weight is 288 g/mol. The third kappa shape index (κ3) is 3.53.